The van der Waals surface area contributed by atoms with Gasteiger partial charge in [-0.1, -0.05) is 12.8 Å². The van der Waals surface area contributed by atoms with Gasteiger partial charge >= 0.3 is 11.7 Å². The van der Waals surface area contributed by atoms with Gasteiger partial charge in [-0.25, -0.2) is 9.59 Å². The summed E-state index contributed by atoms with van der Waals surface area (Å²) in [5, 5.41) is 21.9. The summed E-state index contributed by atoms with van der Waals surface area (Å²) < 4.78 is 2.45. The third-order valence-electron chi connectivity index (χ3n) is 10.3. The summed E-state index contributed by atoms with van der Waals surface area (Å²) in [6.45, 7) is 2.59. The molecule has 2 saturated heterocycles. The maximum absolute atomic E-state index is 13.6. The van der Waals surface area contributed by atoms with E-state index in [2.05, 4.69) is 5.32 Å². The van der Waals surface area contributed by atoms with E-state index < -0.39 is 28.5 Å². The van der Waals surface area contributed by atoms with Crippen molar-refractivity contribution in [2.75, 3.05) is 26.7 Å². The van der Waals surface area contributed by atoms with E-state index in [-0.39, 0.29) is 34.9 Å². The fourth-order valence-electron chi connectivity index (χ4n) is 8.06. The second-order valence-corrected chi connectivity index (χ2v) is 12.7. The molecule has 39 heavy (non-hydrogen) atoms. The number of aromatic hydroxyl groups is 1. The van der Waals surface area contributed by atoms with Gasteiger partial charge in [0.05, 0.1) is 0 Å². The summed E-state index contributed by atoms with van der Waals surface area (Å²) in [4.78, 5) is 56.2. The number of amides is 3. The molecule has 5 N–H and O–H groups in total. The molecule has 6 rings (SSSR count). The maximum atomic E-state index is 13.6. The monoisotopic (exact) mass is 541 g/mol. The van der Waals surface area contributed by atoms with Crippen molar-refractivity contribution in [2.24, 2.45) is 23.0 Å². The molecule has 3 aliphatic carbocycles. The molecule has 0 aromatic carbocycles. The number of hydrogen-bond acceptors (Lipinski definition) is 7. The van der Waals surface area contributed by atoms with E-state index in [4.69, 9.17) is 11.1 Å². The zero-order valence-electron chi connectivity index (χ0n) is 22.6. The molecule has 212 valence electrons. The van der Waals surface area contributed by atoms with Crippen LogP contribution < -0.4 is 22.3 Å². The highest BCUT2D eigenvalue weighted by Gasteiger charge is 2.68. The molecule has 0 radical (unpaired) electrons. The average Bonchev–Trinajstić information content (AvgIpc) is 3.42. The average molecular weight is 542 g/mol. The number of urea groups is 1. The maximum Gasteiger partial charge on any atom is 0.334 e. The van der Waals surface area contributed by atoms with Gasteiger partial charge in [-0.3, -0.25) is 29.0 Å². The van der Waals surface area contributed by atoms with Crippen molar-refractivity contribution in [2.45, 2.75) is 82.3 Å². The molecule has 12 nitrogen and oxygen atoms in total. The molecular weight excluding hydrogens is 502 g/mol. The molecule has 0 atom stereocenters. The van der Waals surface area contributed by atoms with Crippen molar-refractivity contribution >= 4 is 17.8 Å². The summed E-state index contributed by atoms with van der Waals surface area (Å²) >= 11 is 0. The zero-order chi connectivity index (χ0) is 27.7. The minimum absolute atomic E-state index is 0.111. The Bertz CT molecular complexity index is 1320. The first kappa shape index (κ1) is 26.1. The van der Waals surface area contributed by atoms with Crippen LogP contribution in [0.25, 0.3) is 0 Å². The van der Waals surface area contributed by atoms with E-state index in [9.17, 15) is 24.3 Å². The lowest BCUT2D eigenvalue weighted by atomic mass is 9.51. The lowest BCUT2D eigenvalue weighted by Crippen LogP contribution is -2.66. The lowest BCUT2D eigenvalue weighted by molar-refractivity contribution is -0.150. The van der Waals surface area contributed by atoms with Crippen molar-refractivity contribution in [3.63, 3.8) is 0 Å². The second kappa shape index (κ2) is 9.21. The van der Waals surface area contributed by atoms with E-state index in [0.717, 1.165) is 51.6 Å². The number of nitrogen functional groups attached to an aromatic ring is 1. The Morgan fingerprint density at radius 1 is 1.03 bits per heavy atom. The standard InChI is InChI=1S/C27H39N7O5/c1-31-23(37)27(33(24(31)38)13-17-10-30-11-17)14-26(15-27)8-6-18(7-9-26)34-22(36)19(20(28)29)21(35)32(25(34)39)12-16-4-2-3-5-16/h16-18,30,35H,2-15H2,1H3,(H3,28,29). The summed E-state index contributed by atoms with van der Waals surface area (Å²) in [5.74, 6) is -0.577. The first-order valence-corrected chi connectivity index (χ1v) is 14.3. The quantitative estimate of drug-likeness (QED) is 0.236. The van der Waals surface area contributed by atoms with Crippen LogP contribution in [0, 0.1) is 22.7 Å². The van der Waals surface area contributed by atoms with Crippen LogP contribution in [0.15, 0.2) is 9.59 Å². The van der Waals surface area contributed by atoms with Crippen LogP contribution in [0.5, 0.6) is 5.88 Å². The van der Waals surface area contributed by atoms with Crippen LogP contribution in [-0.4, -0.2) is 74.0 Å². The number of nitrogens with two attached hydrogens (primary N) is 1. The number of rotatable bonds is 6. The number of nitrogens with one attached hydrogen (secondary N) is 2. The van der Waals surface area contributed by atoms with E-state index in [1.165, 1.54) is 14.0 Å². The highest BCUT2D eigenvalue weighted by atomic mass is 16.3. The summed E-state index contributed by atoms with van der Waals surface area (Å²) in [6.07, 6.45) is 7.88. The highest BCUT2D eigenvalue weighted by molar-refractivity contribution is 6.07. The number of amidine groups is 1. The SMILES string of the molecule is CN1C(=O)N(CC2CNC2)C2(CC3(CCC(n4c(=O)c(C(=N)N)c(O)n(CC5CCCC5)c4=O)CC3)C2)C1=O. The third-order valence-corrected chi connectivity index (χ3v) is 10.3. The molecule has 1 aromatic rings. The summed E-state index contributed by atoms with van der Waals surface area (Å²) in [5.41, 5.74) is 3.25. The van der Waals surface area contributed by atoms with Gasteiger partial charge in [0.2, 0.25) is 5.88 Å². The largest absolute Gasteiger partial charge is 0.494 e. The van der Waals surface area contributed by atoms with Gasteiger partial charge in [0.1, 0.15) is 16.9 Å². The van der Waals surface area contributed by atoms with Crippen LogP contribution >= 0.6 is 0 Å². The third kappa shape index (κ3) is 3.93. The normalized spacial score (nSPS) is 31.4. The van der Waals surface area contributed by atoms with Gasteiger partial charge in [-0.2, -0.15) is 0 Å². The van der Waals surface area contributed by atoms with Crippen molar-refractivity contribution in [3.8, 4) is 5.88 Å². The molecular formula is C27H39N7O5. The van der Waals surface area contributed by atoms with Crippen LogP contribution in [0.4, 0.5) is 4.79 Å². The molecule has 1 aromatic heterocycles. The van der Waals surface area contributed by atoms with Crippen LogP contribution in [-0.2, 0) is 11.3 Å². The number of likely N-dealkylation sites (N-methyl/N-ethyl adjacent to an activating group) is 1. The molecule has 2 aliphatic heterocycles. The Labute approximate surface area is 226 Å². The summed E-state index contributed by atoms with van der Waals surface area (Å²) in [7, 11) is 1.56. The predicted octanol–water partition coefficient (Wildman–Crippen LogP) is 0.937. The highest BCUT2D eigenvalue weighted by Crippen LogP contribution is 2.62. The van der Waals surface area contributed by atoms with Gasteiger partial charge in [0.25, 0.3) is 11.5 Å². The fraction of sp³-hybridized carbons (Fsp3) is 0.741. The number of imide groups is 1. The topological polar surface area (TPSA) is 167 Å². The lowest BCUT2D eigenvalue weighted by Gasteiger charge is -2.59. The molecule has 3 amide bonds. The Morgan fingerprint density at radius 2 is 1.67 bits per heavy atom. The van der Waals surface area contributed by atoms with Crippen LogP contribution in [0.2, 0.25) is 0 Å². The van der Waals surface area contributed by atoms with Crippen molar-refractivity contribution in [3.05, 3.63) is 26.4 Å². The number of carbonyl (C=O) groups excluding carboxylic acids is 2. The molecule has 12 heteroatoms. The number of nitrogens with zero attached hydrogens (tertiary/aromatic N) is 4. The summed E-state index contributed by atoms with van der Waals surface area (Å²) in [6, 6.07) is -0.591. The van der Waals surface area contributed by atoms with E-state index in [0.29, 0.717) is 44.7 Å². The first-order chi connectivity index (χ1) is 18.6. The number of hydrogen-bond donors (Lipinski definition) is 4. The van der Waals surface area contributed by atoms with Gasteiger partial charge < -0.3 is 21.1 Å². The van der Waals surface area contributed by atoms with E-state index >= 15 is 0 Å². The van der Waals surface area contributed by atoms with Crippen LogP contribution in [0.1, 0.15) is 75.8 Å². The van der Waals surface area contributed by atoms with Crippen molar-refractivity contribution in [1.29, 1.82) is 5.41 Å². The molecule has 5 aliphatic rings. The minimum atomic E-state index is -0.778. The fourth-order valence-corrected chi connectivity index (χ4v) is 8.06. The van der Waals surface area contributed by atoms with Gasteiger partial charge in [0.15, 0.2) is 0 Å². The molecule has 5 fully saturated rings. The smallest absolute Gasteiger partial charge is 0.334 e. The van der Waals surface area contributed by atoms with Crippen molar-refractivity contribution < 1.29 is 14.7 Å². The Morgan fingerprint density at radius 3 is 2.23 bits per heavy atom. The molecule has 3 heterocycles. The van der Waals surface area contributed by atoms with E-state index in [1.54, 1.807) is 11.9 Å². The first-order valence-electron chi connectivity index (χ1n) is 14.3. The minimum Gasteiger partial charge on any atom is -0.494 e. The van der Waals surface area contributed by atoms with E-state index in [1.807, 2.05) is 0 Å². The Kier molecular flexibility index (Phi) is 6.16. The number of aromatic nitrogens is 2. The van der Waals surface area contributed by atoms with Gasteiger partial charge in [-0.15, -0.1) is 0 Å². The van der Waals surface area contributed by atoms with Gasteiger partial charge in [-0.05, 0) is 62.7 Å². The Hall–Kier alpha value is -3.15. The number of carbonyl (C=O) groups is 2. The van der Waals surface area contributed by atoms with Crippen molar-refractivity contribution in [1.82, 2.24) is 24.3 Å². The molecule has 0 bridgehead atoms. The predicted molar refractivity (Wildman–Crippen MR) is 143 cm³/mol. The van der Waals surface area contributed by atoms with Crippen LogP contribution in [0.3, 0.4) is 0 Å². The molecule has 2 spiro atoms. The Balaban J connectivity index is 1.23. The zero-order valence-corrected chi connectivity index (χ0v) is 22.6. The van der Waals surface area contributed by atoms with Gasteiger partial charge in [0, 0.05) is 45.2 Å². The molecule has 3 saturated carbocycles. The second-order valence-electron chi connectivity index (χ2n) is 12.7. The molecule has 0 unspecified atom stereocenters.